The van der Waals surface area contributed by atoms with Crippen LogP contribution in [0, 0.1) is 10.1 Å². The van der Waals surface area contributed by atoms with Crippen molar-refractivity contribution in [1.29, 1.82) is 0 Å². The number of aromatic nitrogens is 2. The smallest absolute Gasteiger partial charge is 0.337 e. The third kappa shape index (κ3) is 3.69. The minimum absolute atomic E-state index is 0.0955. The van der Waals surface area contributed by atoms with E-state index in [9.17, 15) is 10.1 Å². The summed E-state index contributed by atoms with van der Waals surface area (Å²) in [5.41, 5.74) is -0.145. The summed E-state index contributed by atoms with van der Waals surface area (Å²) in [6, 6.07) is 2.94. The number of nitrogens with zero attached hydrogens (tertiary/aromatic N) is 4. The summed E-state index contributed by atoms with van der Waals surface area (Å²) >= 11 is 30.4. The van der Waals surface area contributed by atoms with Gasteiger partial charge in [0.05, 0.1) is 28.2 Å². The standard InChI is InChI=1S/C14H11Cl5N4O3/c15-7-5-8(16)11(9(17)6-7)22-14(21-1-3-26-4-2-21)12(23(24)25)10(20-22)13(18)19/h5-6,13H,1-4H2. The summed E-state index contributed by atoms with van der Waals surface area (Å²) in [6.07, 6.45) is 0. The van der Waals surface area contributed by atoms with Crippen LogP contribution in [0.1, 0.15) is 10.5 Å². The zero-order valence-corrected chi connectivity index (χ0v) is 16.7. The number of nitro groups is 1. The molecule has 140 valence electrons. The zero-order valence-electron chi connectivity index (χ0n) is 13.0. The van der Waals surface area contributed by atoms with E-state index in [1.807, 2.05) is 0 Å². The van der Waals surface area contributed by atoms with Crippen molar-refractivity contribution in [3.8, 4) is 5.69 Å². The van der Waals surface area contributed by atoms with Gasteiger partial charge in [0.25, 0.3) is 0 Å². The van der Waals surface area contributed by atoms with Gasteiger partial charge < -0.3 is 9.64 Å². The summed E-state index contributed by atoms with van der Waals surface area (Å²) in [6.45, 7) is 1.66. The first-order valence-electron chi connectivity index (χ1n) is 7.34. The van der Waals surface area contributed by atoms with E-state index in [2.05, 4.69) is 5.10 Å². The van der Waals surface area contributed by atoms with Crippen LogP contribution in [0.4, 0.5) is 11.5 Å². The van der Waals surface area contributed by atoms with Crippen LogP contribution in [0.25, 0.3) is 5.69 Å². The monoisotopic (exact) mass is 458 g/mol. The summed E-state index contributed by atoms with van der Waals surface area (Å²) in [7, 11) is 0. The summed E-state index contributed by atoms with van der Waals surface area (Å²) < 4.78 is 6.61. The van der Waals surface area contributed by atoms with Crippen LogP contribution >= 0.6 is 58.0 Å². The van der Waals surface area contributed by atoms with Crippen LogP contribution in [0.3, 0.4) is 0 Å². The Morgan fingerprint density at radius 1 is 1.15 bits per heavy atom. The van der Waals surface area contributed by atoms with Crippen molar-refractivity contribution < 1.29 is 9.66 Å². The van der Waals surface area contributed by atoms with Gasteiger partial charge in [0.15, 0.2) is 10.5 Å². The molecule has 0 atom stereocenters. The molecule has 1 aromatic carbocycles. The van der Waals surface area contributed by atoms with E-state index in [-0.39, 0.29) is 32.9 Å². The minimum atomic E-state index is -1.21. The molecule has 1 aromatic heterocycles. The van der Waals surface area contributed by atoms with Crippen molar-refractivity contribution in [2.24, 2.45) is 0 Å². The van der Waals surface area contributed by atoms with Gasteiger partial charge in [-0.15, -0.1) is 0 Å². The lowest BCUT2D eigenvalue weighted by atomic mass is 10.3. The molecular weight excluding hydrogens is 449 g/mol. The second kappa shape index (κ2) is 7.96. The molecule has 0 unspecified atom stereocenters. The predicted molar refractivity (Wildman–Crippen MR) is 103 cm³/mol. The number of hydrogen-bond donors (Lipinski definition) is 0. The van der Waals surface area contributed by atoms with Gasteiger partial charge in [0.1, 0.15) is 5.69 Å². The lowest BCUT2D eigenvalue weighted by Crippen LogP contribution is -2.37. The first kappa shape index (κ1) is 19.8. The van der Waals surface area contributed by atoms with Gasteiger partial charge in [-0.1, -0.05) is 58.0 Å². The number of morpholine rings is 1. The van der Waals surface area contributed by atoms with Crippen molar-refractivity contribution in [3.05, 3.63) is 43.0 Å². The second-order valence-electron chi connectivity index (χ2n) is 5.34. The Balaban J connectivity index is 2.31. The third-order valence-electron chi connectivity index (χ3n) is 3.76. The molecule has 2 aromatic rings. The normalized spacial score (nSPS) is 14.9. The number of hydrogen-bond acceptors (Lipinski definition) is 5. The van der Waals surface area contributed by atoms with Gasteiger partial charge >= 0.3 is 5.69 Å². The van der Waals surface area contributed by atoms with E-state index in [0.29, 0.717) is 31.3 Å². The highest BCUT2D eigenvalue weighted by Gasteiger charge is 2.36. The molecular formula is C14H11Cl5N4O3. The fraction of sp³-hybridized carbons (Fsp3) is 0.357. The molecule has 0 saturated carbocycles. The molecule has 12 heteroatoms. The maximum atomic E-state index is 11.7. The number of halogens is 5. The molecule has 1 aliphatic heterocycles. The van der Waals surface area contributed by atoms with Crippen LogP contribution in [-0.2, 0) is 4.74 Å². The van der Waals surface area contributed by atoms with Crippen LogP contribution in [0.5, 0.6) is 0 Å². The quantitative estimate of drug-likeness (QED) is 0.363. The highest BCUT2D eigenvalue weighted by Crippen LogP contribution is 2.43. The summed E-state index contributed by atoms with van der Waals surface area (Å²) in [5.74, 6) is 0.186. The van der Waals surface area contributed by atoms with E-state index in [1.165, 1.54) is 16.8 Å². The molecule has 0 N–H and O–H groups in total. The molecule has 0 radical (unpaired) electrons. The Labute approximate surface area is 173 Å². The topological polar surface area (TPSA) is 73.4 Å². The van der Waals surface area contributed by atoms with E-state index >= 15 is 0 Å². The lowest BCUT2D eigenvalue weighted by Gasteiger charge is -2.28. The molecule has 0 amide bonds. The van der Waals surface area contributed by atoms with E-state index in [0.717, 1.165) is 0 Å². The first-order chi connectivity index (χ1) is 12.3. The van der Waals surface area contributed by atoms with Crippen LogP contribution in [-0.4, -0.2) is 41.0 Å². The summed E-state index contributed by atoms with van der Waals surface area (Å²) in [5, 5.41) is 16.7. The van der Waals surface area contributed by atoms with Gasteiger partial charge in [-0.05, 0) is 12.1 Å². The lowest BCUT2D eigenvalue weighted by molar-refractivity contribution is -0.384. The molecule has 3 rings (SSSR count). The molecule has 26 heavy (non-hydrogen) atoms. The molecule has 7 nitrogen and oxygen atoms in total. The number of ether oxygens (including phenoxy) is 1. The van der Waals surface area contributed by atoms with Crippen molar-refractivity contribution in [2.75, 3.05) is 31.2 Å². The van der Waals surface area contributed by atoms with Crippen LogP contribution in [0.15, 0.2) is 12.1 Å². The van der Waals surface area contributed by atoms with E-state index in [4.69, 9.17) is 62.7 Å². The molecule has 1 saturated heterocycles. The Bertz CT molecular complexity index is 828. The Morgan fingerprint density at radius 3 is 2.23 bits per heavy atom. The maximum Gasteiger partial charge on any atom is 0.337 e. The Morgan fingerprint density at radius 2 is 1.73 bits per heavy atom. The highest BCUT2D eigenvalue weighted by molar-refractivity contribution is 6.44. The maximum absolute atomic E-state index is 11.7. The van der Waals surface area contributed by atoms with Gasteiger partial charge in [0, 0.05) is 18.1 Å². The van der Waals surface area contributed by atoms with Gasteiger partial charge in [0.2, 0.25) is 5.82 Å². The molecule has 1 fully saturated rings. The average molecular weight is 461 g/mol. The van der Waals surface area contributed by atoms with E-state index < -0.39 is 9.76 Å². The molecule has 1 aliphatic rings. The van der Waals surface area contributed by atoms with Crippen molar-refractivity contribution in [1.82, 2.24) is 9.78 Å². The summed E-state index contributed by atoms with van der Waals surface area (Å²) in [4.78, 5) is 11.7. The fourth-order valence-electron chi connectivity index (χ4n) is 2.69. The molecule has 2 heterocycles. The van der Waals surface area contributed by atoms with Crippen molar-refractivity contribution in [3.63, 3.8) is 0 Å². The highest BCUT2D eigenvalue weighted by atomic mass is 35.5. The third-order valence-corrected chi connectivity index (χ3v) is 4.96. The van der Waals surface area contributed by atoms with Crippen LogP contribution < -0.4 is 4.90 Å². The predicted octanol–water partition coefficient (Wildman–Crippen LogP) is 5.05. The SMILES string of the molecule is O=[N+]([O-])c1c(C(Cl)Cl)nn(-c2c(Cl)cc(Cl)cc2Cl)c1N1CCOCC1. The van der Waals surface area contributed by atoms with Gasteiger partial charge in [-0.2, -0.15) is 5.10 Å². The largest absolute Gasteiger partial charge is 0.378 e. The zero-order chi connectivity index (χ0) is 19.0. The van der Waals surface area contributed by atoms with Crippen LogP contribution in [0.2, 0.25) is 15.1 Å². The fourth-order valence-corrected chi connectivity index (χ4v) is 3.96. The Kier molecular flexibility index (Phi) is 6.06. The number of benzene rings is 1. The number of anilines is 1. The molecule has 0 spiro atoms. The second-order valence-corrected chi connectivity index (χ2v) is 7.69. The average Bonchev–Trinajstić information content (AvgIpc) is 2.95. The van der Waals surface area contributed by atoms with Crippen molar-refractivity contribution in [2.45, 2.75) is 4.84 Å². The van der Waals surface area contributed by atoms with Crippen molar-refractivity contribution >= 4 is 69.5 Å². The minimum Gasteiger partial charge on any atom is -0.378 e. The molecule has 0 bridgehead atoms. The molecule has 0 aliphatic carbocycles. The van der Waals surface area contributed by atoms with E-state index in [1.54, 1.807) is 4.90 Å². The Hall–Kier alpha value is -0.960. The number of alkyl halides is 2. The van der Waals surface area contributed by atoms with Gasteiger partial charge in [-0.3, -0.25) is 10.1 Å². The first-order valence-corrected chi connectivity index (χ1v) is 9.35. The van der Waals surface area contributed by atoms with Gasteiger partial charge in [-0.25, -0.2) is 4.68 Å². The number of rotatable bonds is 4.